The summed E-state index contributed by atoms with van der Waals surface area (Å²) in [6.07, 6.45) is 1.40. The zero-order chi connectivity index (χ0) is 20.4. The lowest BCUT2D eigenvalue weighted by molar-refractivity contribution is -0.123. The predicted molar refractivity (Wildman–Crippen MR) is 111 cm³/mol. The molecule has 0 radical (unpaired) electrons. The van der Waals surface area contributed by atoms with Crippen molar-refractivity contribution in [1.29, 1.82) is 0 Å². The highest BCUT2D eigenvalue weighted by molar-refractivity contribution is 5.86. The number of hydrazone groups is 1. The maximum absolute atomic E-state index is 11.9. The molecule has 0 aliphatic carbocycles. The predicted octanol–water partition coefficient (Wildman–Crippen LogP) is 3.17. The van der Waals surface area contributed by atoms with Crippen LogP contribution < -0.4 is 19.8 Å². The molecule has 0 bridgehead atoms. The van der Waals surface area contributed by atoms with Gasteiger partial charge in [-0.15, -0.1) is 0 Å². The number of nitrogens with one attached hydrogen (secondary N) is 1. The minimum absolute atomic E-state index is 0.101. The molecule has 2 aromatic rings. The molecule has 0 fully saturated rings. The van der Waals surface area contributed by atoms with Crippen molar-refractivity contribution >= 4 is 17.8 Å². The van der Waals surface area contributed by atoms with Gasteiger partial charge in [-0.2, -0.15) is 5.10 Å². The van der Waals surface area contributed by atoms with E-state index in [1.165, 1.54) is 6.21 Å². The molecule has 0 aliphatic heterocycles. The molecule has 1 amide bonds. The van der Waals surface area contributed by atoms with Gasteiger partial charge < -0.3 is 19.5 Å². The normalized spacial score (nSPS) is 10.7. The molecule has 2 rings (SSSR count). The van der Waals surface area contributed by atoms with Crippen molar-refractivity contribution in [3.05, 3.63) is 48.0 Å². The van der Waals surface area contributed by atoms with E-state index in [2.05, 4.69) is 29.3 Å². The monoisotopic (exact) mass is 385 g/mol. The molecule has 0 aromatic heterocycles. The fourth-order valence-corrected chi connectivity index (χ4v) is 2.62. The van der Waals surface area contributed by atoms with Crippen LogP contribution in [0.5, 0.6) is 17.2 Å². The molecule has 7 heteroatoms. The summed E-state index contributed by atoms with van der Waals surface area (Å²) in [5.74, 6) is 0.763. The van der Waals surface area contributed by atoms with Gasteiger partial charge in [0.2, 0.25) is 0 Å². The SMILES string of the molecule is CCOc1ccccc1OCC(=O)NN=Cc1ccc(N(CC)CC)cc1O. The highest BCUT2D eigenvalue weighted by Gasteiger charge is 2.08. The topological polar surface area (TPSA) is 83.4 Å². The highest BCUT2D eigenvalue weighted by Crippen LogP contribution is 2.26. The van der Waals surface area contributed by atoms with E-state index in [1.54, 1.807) is 30.3 Å². The third kappa shape index (κ3) is 5.90. The number of phenols is 1. The van der Waals surface area contributed by atoms with Crippen LogP contribution in [0.2, 0.25) is 0 Å². The summed E-state index contributed by atoms with van der Waals surface area (Å²) in [5, 5.41) is 14.0. The third-order valence-corrected chi connectivity index (χ3v) is 4.04. The summed E-state index contributed by atoms with van der Waals surface area (Å²) in [4.78, 5) is 14.0. The maximum atomic E-state index is 11.9. The van der Waals surface area contributed by atoms with Crippen molar-refractivity contribution in [2.24, 2.45) is 5.10 Å². The Kier molecular flexibility index (Phi) is 8.14. The van der Waals surface area contributed by atoms with Crippen molar-refractivity contribution in [3.8, 4) is 17.2 Å². The summed E-state index contributed by atoms with van der Waals surface area (Å²) in [6, 6.07) is 12.5. The smallest absolute Gasteiger partial charge is 0.277 e. The van der Waals surface area contributed by atoms with Gasteiger partial charge in [0.1, 0.15) is 5.75 Å². The van der Waals surface area contributed by atoms with Crippen molar-refractivity contribution < 1.29 is 19.4 Å². The molecule has 0 unspecified atom stereocenters. The second-order valence-corrected chi connectivity index (χ2v) is 5.88. The minimum Gasteiger partial charge on any atom is -0.507 e. The van der Waals surface area contributed by atoms with Gasteiger partial charge >= 0.3 is 0 Å². The average molecular weight is 385 g/mol. The molecule has 28 heavy (non-hydrogen) atoms. The van der Waals surface area contributed by atoms with E-state index in [1.807, 2.05) is 19.1 Å². The van der Waals surface area contributed by atoms with Crippen LogP contribution in [0.25, 0.3) is 0 Å². The number of hydrogen-bond donors (Lipinski definition) is 2. The molecule has 0 aliphatic rings. The summed E-state index contributed by atoms with van der Waals surface area (Å²) in [5.41, 5.74) is 3.83. The largest absolute Gasteiger partial charge is 0.507 e. The van der Waals surface area contributed by atoms with Crippen molar-refractivity contribution in [2.75, 3.05) is 31.2 Å². The first-order chi connectivity index (χ1) is 13.6. The molecule has 0 saturated carbocycles. The number of carbonyl (C=O) groups excluding carboxylic acids is 1. The van der Waals surface area contributed by atoms with Crippen LogP contribution in [-0.2, 0) is 4.79 Å². The Labute approximate surface area is 165 Å². The molecule has 0 atom stereocenters. The van der Waals surface area contributed by atoms with Crippen molar-refractivity contribution in [1.82, 2.24) is 5.43 Å². The van der Waals surface area contributed by atoms with E-state index < -0.39 is 5.91 Å². The number of benzene rings is 2. The number of phenolic OH excluding ortho intramolecular Hbond substituents is 1. The number of rotatable bonds is 10. The van der Waals surface area contributed by atoms with Crippen LogP contribution in [-0.4, -0.2) is 43.5 Å². The standard InChI is InChI=1S/C21H27N3O4/c1-4-24(5-2)17-12-11-16(18(25)13-17)14-22-23-21(26)15-28-20-10-8-7-9-19(20)27-6-3/h7-14,25H,4-6,15H2,1-3H3,(H,23,26). The number of amides is 1. The van der Waals surface area contributed by atoms with E-state index in [0.29, 0.717) is 23.7 Å². The third-order valence-electron chi connectivity index (χ3n) is 4.04. The molecule has 2 N–H and O–H groups in total. The van der Waals surface area contributed by atoms with E-state index in [0.717, 1.165) is 18.8 Å². The lowest BCUT2D eigenvalue weighted by atomic mass is 10.2. The number of aromatic hydroxyl groups is 1. The molecule has 0 saturated heterocycles. The Morgan fingerprint density at radius 1 is 1.11 bits per heavy atom. The number of para-hydroxylation sites is 2. The molecule has 7 nitrogen and oxygen atoms in total. The second-order valence-electron chi connectivity index (χ2n) is 5.88. The van der Waals surface area contributed by atoms with Gasteiger partial charge in [0.15, 0.2) is 18.1 Å². The van der Waals surface area contributed by atoms with Crippen LogP contribution in [0.3, 0.4) is 0 Å². The molecule has 2 aromatic carbocycles. The van der Waals surface area contributed by atoms with Crippen molar-refractivity contribution in [2.45, 2.75) is 20.8 Å². The molecule has 0 heterocycles. The maximum Gasteiger partial charge on any atom is 0.277 e. The van der Waals surface area contributed by atoms with Crippen LogP contribution in [0, 0.1) is 0 Å². The summed E-state index contributed by atoms with van der Waals surface area (Å²) in [7, 11) is 0. The Morgan fingerprint density at radius 3 is 2.39 bits per heavy atom. The first-order valence-electron chi connectivity index (χ1n) is 9.33. The van der Waals surface area contributed by atoms with E-state index in [4.69, 9.17) is 9.47 Å². The van der Waals surface area contributed by atoms with Gasteiger partial charge in [0.05, 0.1) is 12.8 Å². The zero-order valence-corrected chi connectivity index (χ0v) is 16.5. The second kappa shape index (κ2) is 10.8. The molecule has 150 valence electrons. The quantitative estimate of drug-likeness (QED) is 0.485. The van der Waals surface area contributed by atoms with Gasteiger partial charge in [-0.3, -0.25) is 4.79 Å². The van der Waals surface area contributed by atoms with Gasteiger partial charge in [0.25, 0.3) is 5.91 Å². The van der Waals surface area contributed by atoms with Gasteiger partial charge in [-0.05, 0) is 45.0 Å². The van der Waals surface area contributed by atoms with Gasteiger partial charge in [-0.25, -0.2) is 5.43 Å². The Morgan fingerprint density at radius 2 is 1.79 bits per heavy atom. The summed E-state index contributed by atoms with van der Waals surface area (Å²) >= 11 is 0. The van der Waals surface area contributed by atoms with Crippen molar-refractivity contribution in [3.63, 3.8) is 0 Å². The number of ether oxygens (including phenoxy) is 2. The van der Waals surface area contributed by atoms with Gasteiger partial charge in [0, 0.05) is 30.4 Å². The fourth-order valence-electron chi connectivity index (χ4n) is 2.62. The van der Waals surface area contributed by atoms with Crippen LogP contribution in [0.1, 0.15) is 26.3 Å². The number of carbonyl (C=O) groups is 1. The molecule has 0 spiro atoms. The van der Waals surface area contributed by atoms with Gasteiger partial charge in [-0.1, -0.05) is 12.1 Å². The van der Waals surface area contributed by atoms with Crippen LogP contribution >= 0.6 is 0 Å². The Hall–Kier alpha value is -3.22. The van der Waals surface area contributed by atoms with E-state index >= 15 is 0 Å². The fraction of sp³-hybridized carbons (Fsp3) is 0.333. The Bertz CT molecular complexity index is 804. The lowest BCUT2D eigenvalue weighted by Crippen LogP contribution is -2.24. The first-order valence-corrected chi connectivity index (χ1v) is 9.33. The minimum atomic E-state index is -0.415. The van der Waals surface area contributed by atoms with E-state index in [9.17, 15) is 9.90 Å². The number of anilines is 1. The first kappa shape index (κ1) is 21.1. The zero-order valence-electron chi connectivity index (χ0n) is 16.5. The average Bonchev–Trinajstić information content (AvgIpc) is 2.70. The number of nitrogens with zero attached hydrogens (tertiary/aromatic N) is 2. The van der Waals surface area contributed by atoms with E-state index in [-0.39, 0.29) is 12.4 Å². The lowest BCUT2D eigenvalue weighted by Gasteiger charge is -2.21. The highest BCUT2D eigenvalue weighted by atomic mass is 16.5. The Balaban J connectivity index is 1.90. The number of hydrogen-bond acceptors (Lipinski definition) is 6. The van der Waals surface area contributed by atoms with Crippen LogP contribution in [0.4, 0.5) is 5.69 Å². The summed E-state index contributed by atoms with van der Waals surface area (Å²) < 4.78 is 10.9. The molecular weight excluding hydrogens is 358 g/mol. The van der Waals surface area contributed by atoms with Crippen LogP contribution in [0.15, 0.2) is 47.6 Å². The summed E-state index contributed by atoms with van der Waals surface area (Å²) in [6.45, 7) is 8.00. The molecular formula is C21H27N3O4.